The summed E-state index contributed by atoms with van der Waals surface area (Å²) in [5.41, 5.74) is 7.00. The Morgan fingerprint density at radius 1 is 0.511 bits per heavy atom. The van der Waals surface area contributed by atoms with Gasteiger partial charge < -0.3 is 0 Å². The monoisotopic (exact) mass is 620 g/mol. The van der Waals surface area contributed by atoms with Crippen LogP contribution in [0.2, 0.25) is 0 Å². The Balaban J connectivity index is 1.32. The molecule has 5 aliphatic rings. The van der Waals surface area contributed by atoms with Crippen LogP contribution < -0.4 is 0 Å². The van der Waals surface area contributed by atoms with Gasteiger partial charge in [-0.15, -0.1) is 0 Å². The molecule has 3 heteroatoms. The van der Waals surface area contributed by atoms with Crippen LogP contribution in [0.3, 0.4) is 0 Å². The molecule has 240 valence electrons. The number of ketones is 1. The summed E-state index contributed by atoms with van der Waals surface area (Å²) in [6.45, 7) is 6.52. The molecule has 4 heterocycles. The molecule has 4 aromatic rings. The van der Waals surface area contributed by atoms with Gasteiger partial charge in [-0.05, 0) is 87.7 Å². The second kappa shape index (κ2) is 11.3. The van der Waals surface area contributed by atoms with E-state index in [-0.39, 0.29) is 23.9 Å². The molecule has 8 atom stereocenters. The summed E-state index contributed by atoms with van der Waals surface area (Å²) in [5.74, 6) is 0.942. The summed E-state index contributed by atoms with van der Waals surface area (Å²) in [6, 6.07) is 42.0. The van der Waals surface area contributed by atoms with Gasteiger partial charge in [0.15, 0.2) is 0 Å². The van der Waals surface area contributed by atoms with E-state index in [1.165, 1.54) is 59.1 Å². The molecule has 0 N–H and O–H groups in total. The average molecular weight is 621 g/mol. The van der Waals surface area contributed by atoms with E-state index in [0.29, 0.717) is 17.9 Å². The van der Waals surface area contributed by atoms with Crippen molar-refractivity contribution in [2.75, 3.05) is 13.1 Å². The highest BCUT2D eigenvalue weighted by molar-refractivity contribution is 5.96. The Labute approximate surface area is 281 Å². The predicted octanol–water partition coefficient (Wildman–Crippen LogP) is 9.34. The summed E-state index contributed by atoms with van der Waals surface area (Å²) in [7, 11) is 0. The minimum absolute atomic E-state index is 0.0935. The molecule has 8 unspecified atom stereocenters. The van der Waals surface area contributed by atoms with E-state index < -0.39 is 10.8 Å². The lowest BCUT2D eigenvalue weighted by atomic mass is 9.47. The van der Waals surface area contributed by atoms with Crippen molar-refractivity contribution in [3.05, 3.63) is 143 Å². The largest absolute Gasteiger partial charge is 0.298 e. The highest BCUT2D eigenvalue weighted by Crippen LogP contribution is 2.73. The van der Waals surface area contributed by atoms with Gasteiger partial charge in [0.1, 0.15) is 5.78 Å². The molecule has 1 saturated carbocycles. The van der Waals surface area contributed by atoms with Crippen LogP contribution in [0, 0.1) is 24.7 Å². The average Bonchev–Trinajstić information content (AvgIpc) is 3.86. The molecule has 0 amide bonds. The van der Waals surface area contributed by atoms with Crippen molar-refractivity contribution in [2.45, 2.75) is 94.8 Å². The van der Waals surface area contributed by atoms with Gasteiger partial charge in [0.2, 0.25) is 0 Å². The fourth-order valence-corrected chi connectivity index (χ4v) is 11.9. The standard InChI is InChI=1S/C44H48N2O/c1-30-18-22-33(23-19-30)39-37-17-10-28-45(37)40(34-14-7-4-8-15-34)44(39)27-11-26-43(42(44)47)38(32-12-5-3-6-13-32)36-16-9-29-46(36)41(43)35-24-20-31(2)21-25-35/h3-8,12-15,18-25,36-41H,9-11,16-17,26-29H2,1-2H3. The Bertz CT molecular complexity index is 1620. The first-order valence-corrected chi connectivity index (χ1v) is 18.3. The van der Waals surface area contributed by atoms with Crippen molar-refractivity contribution >= 4 is 5.78 Å². The van der Waals surface area contributed by atoms with Crippen LogP contribution in [-0.2, 0) is 4.79 Å². The first-order chi connectivity index (χ1) is 23.0. The van der Waals surface area contributed by atoms with Crippen LogP contribution in [0.4, 0.5) is 0 Å². The summed E-state index contributed by atoms with van der Waals surface area (Å²) in [4.78, 5) is 22.4. The third kappa shape index (κ3) is 4.21. The molecule has 0 bridgehead atoms. The zero-order chi connectivity index (χ0) is 31.8. The molecule has 0 aromatic heterocycles. The van der Waals surface area contributed by atoms with Gasteiger partial charge >= 0.3 is 0 Å². The van der Waals surface area contributed by atoms with E-state index >= 15 is 4.79 Å². The third-order valence-corrected chi connectivity index (χ3v) is 13.3. The zero-order valence-corrected chi connectivity index (χ0v) is 28.0. The minimum Gasteiger partial charge on any atom is -0.298 e. The van der Waals surface area contributed by atoms with Gasteiger partial charge in [-0.2, -0.15) is 0 Å². The SMILES string of the molecule is Cc1ccc(C2C3CCCN3C(c3ccccc3)C23CCCC2(C3=O)C(c3ccccc3)C3CCCN3C2c2ccc(C)cc2)cc1. The lowest BCUT2D eigenvalue weighted by molar-refractivity contribution is -0.151. The topological polar surface area (TPSA) is 23.6 Å². The van der Waals surface area contributed by atoms with Gasteiger partial charge in [-0.1, -0.05) is 127 Å². The summed E-state index contributed by atoms with van der Waals surface area (Å²) in [6.07, 6.45) is 7.77. The first kappa shape index (κ1) is 29.6. The molecule has 47 heavy (non-hydrogen) atoms. The van der Waals surface area contributed by atoms with E-state index in [9.17, 15) is 0 Å². The predicted molar refractivity (Wildman–Crippen MR) is 189 cm³/mol. The Morgan fingerprint density at radius 3 is 1.40 bits per heavy atom. The van der Waals surface area contributed by atoms with E-state index in [4.69, 9.17) is 0 Å². The molecule has 3 nitrogen and oxygen atoms in total. The maximum Gasteiger partial charge on any atom is 0.150 e. The van der Waals surface area contributed by atoms with Crippen LogP contribution in [0.1, 0.15) is 102 Å². The number of nitrogens with zero attached hydrogens (tertiary/aromatic N) is 2. The Morgan fingerprint density at radius 2 is 0.915 bits per heavy atom. The number of aryl methyl sites for hydroxylation is 2. The first-order valence-electron chi connectivity index (χ1n) is 18.3. The minimum atomic E-state index is -0.490. The smallest absolute Gasteiger partial charge is 0.150 e. The van der Waals surface area contributed by atoms with Crippen molar-refractivity contribution in [3.63, 3.8) is 0 Å². The van der Waals surface area contributed by atoms with Gasteiger partial charge in [-0.25, -0.2) is 0 Å². The third-order valence-electron chi connectivity index (χ3n) is 13.3. The van der Waals surface area contributed by atoms with Crippen LogP contribution >= 0.6 is 0 Å². The van der Waals surface area contributed by atoms with Crippen molar-refractivity contribution in [1.82, 2.24) is 9.80 Å². The number of hydrogen-bond acceptors (Lipinski definition) is 3. The lowest BCUT2D eigenvalue weighted by Gasteiger charge is -2.54. The van der Waals surface area contributed by atoms with E-state index in [0.717, 1.165) is 32.4 Å². The van der Waals surface area contributed by atoms with Crippen molar-refractivity contribution in [1.29, 1.82) is 0 Å². The normalized spacial score (nSPS) is 35.1. The molecule has 2 spiro atoms. The van der Waals surface area contributed by atoms with Crippen LogP contribution in [0.15, 0.2) is 109 Å². The molecular formula is C44H48N2O. The number of fused-ring (bicyclic) bond motifs is 2. The molecule has 1 aliphatic carbocycles. The number of Topliss-reactive ketones (excluding diaryl/α,β-unsaturated/α-hetero) is 1. The fourth-order valence-electron chi connectivity index (χ4n) is 11.9. The number of rotatable bonds is 4. The summed E-state index contributed by atoms with van der Waals surface area (Å²) in [5, 5.41) is 0. The Kier molecular flexibility index (Phi) is 7.10. The highest BCUT2D eigenvalue weighted by Gasteiger charge is 2.74. The van der Waals surface area contributed by atoms with Crippen LogP contribution in [0.5, 0.6) is 0 Å². The number of benzene rings is 4. The number of carbonyl (C=O) groups excluding carboxylic acids is 1. The van der Waals surface area contributed by atoms with E-state index in [1.807, 2.05) is 0 Å². The molecule has 4 saturated heterocycles. The molecule has 4 aliphatic heterocycles. The van der Waals surface area contributed by atoms with E-state index in [2.05, 4.69) is 133 Å². The summed E-state index contributed by atoms with van der Waals surface area (Å²) < 4.78 is 0. The molecule has 4 aromatic carbocycles. The van der Waals surface area contributed by atoms with Crippen molar-refractivity contribution in [3.8, 4) is 0 Å². The number of carbonyl (C=O) groups is 1. The van der Waals surface area contributed by atoms with Gasteiger partial charge in [-0.3, -0.25) is 14.6 Å². The van der Waals surface area contributed by atoms with Crippen molar-refractivity contribution < 1.29 is 4.79 Å². The van der Waals surface area contributed by atoms with Crippen LogP contribution in [0.25, 0.3) is 0 Å². The fraction of sp³-hybridized carbons (Fsp3) is 0.432. The lowest BCUT2D eigenvalue weighted by Crippen LogP contribution is -2.56. The highest BCUT2D eigenvalue weighted by atomic mass is 16.1. The molecule has 5 fully saturated rings. The zero-order valence-electron chi connectivity index (χ0n) is 28.0. The van der Waals surface area contributed by atoms with Crippen molar-refractivity contribution in [2.24, 2.45) is 10.8 Å². The van der Waals surface area contributed by atoms with E-state index in [1.54, 1.807) is 0 Å². The molecule has 9 rings (SSSR count). The summed E-state index contributed by atoms with van der Waals surface area (Å²) >= 11 is 0. The molecule has 0 radical (unpaired) electrons. The Hall–Kier alpha value is -3.53. The quantitative estimate of drug-likeness (QED) is 0.227. The van der Waals surface area contributed by atoms with Crippen LogP contribution in [-0.4, -0.2) is 40.8 Å². The number of hydrogen-bond donors (Lipinski definition) is 0. The maximum atomic E-state index is 16.9. The second-order valence-corrected chi connectivity index (χ2v) is 15.6. The maximum absolute atomic E-state index is 16.9. The molecular weight excluding hydrogens is 572 g/mol. The van der Waals surface area contributed by atoms with Gasteiger partial charge in [0.25, 0.3) is 0 Å². The van der Waals surface area contributed by atoms with Gasteiger partial charge in [0.05, 0.1) is 10.8 Å². The van der Waals surface area contributed by atoms with Gasteiger partial charge in [0, 0.05) is 36.0 Å². The second-order valence-electron chi connectivity index (χ2n) is 15.6.